The van der Waals surface area contributed by atoms with Crippen LogP contribution in [-0.4, -0.2) is 30.7 Å². The second kappa shape index (κ2) is 6.08. The molecular weight excluding hydrogens is 192 g/mol. The van der Waals surface area contributed by atoms with Crippen LogP contribution in [0.25, 0.3) is 0 Å². The summed E-state index contributed by atoms with van der Waals surface area (Å²) < 4.78 is 5.69. The van der Waals surface area contributed by atoms with Gasteiger partial charge >= 0.3 is 0 Å². The highest BCUT2D eigenvalue weighted by Crippen LogP contribution is 2.20. The molecule has 1 rings (SSSR count). The summed E-state index contributed by atoms with van der Waals surface area (Å²) in [7, 11) is 0. The van der Waals surface area contributed by atoms with Crippen molar-refractivity contribution in [3.8, 4) is 0 Å². The summed E-state index contributed by atoms with van der Waals surface area (Å²) in [5.41, 5.74) is 5.80. The number of nitrogens with one attached hydrogen (secondary N) is 1. The van der Waals surface area contributed by atoms with Crippen LogP contribution < -0.4 is 11.1 Å². The van der Waals surface area contributed by atoms with Gasteiger partial charge in [0.15, 0.2) is 0 Å². The number of nitrogens with two attached hydrogens (primary N) is 1. The smallest absolute Gasteiger partial charge is 0.248 e. The van der Waals surface area contributed by atoms with Crippen LogP contribution >= 0.6 is 0 Å². The lowest BCUT2D eigenvalue weighted by Crippen LogP contribution is -2.38. The van der Waals surface area contributed by atoms with Gasteiger partial charge in [0.2, 0.25) is 5.91 Å². The molecule has 1 aliphatic rings. The third-order valence-electron chi connectivity index (χ3n) is 2.84. The number of ether oxygens (including phenoxy) is 1. The summed E-state index contributed by atoms with van der Waals surface area (Å²) in [6.45, 7) is 4.37. The number of carbonyl (C=O) groups is 1. The Hall–Kier alpha value is -0.610. The molecule has 0 spiro atoms. The van der Waals surface area contributed by atoms with Gasteiger partial charge in [0.1, 0.15) is 6.10 Å². The average molecular weight is 214 g/mol. The van der Waals surface area contributed by atoms with Crippen molar-refractivity contribution in [1.82, 2.24) is 5.32 Å². The van der Waals surface area contributed by atoms with Crippen LogP contribution in [-0.2, 0) is 9.53 Å². The molecule has 0 aromatic rings. The summed E-state index contributed by atoms with van der Waals surface area (Å²) in [4.78, 5) is 11.4. The van der Waals surface area contributed by atoms with Crippen LogP contribution in [0.2, 0.25) is 0 Å². The first-order chi connectivity index (χ1) is 7.13. The Morgan fingerprint density at radius 3 is 2.60 bits per heavy atom. The maximum atomic E-state index is 11.4. The molecule has 0 saturated heterocycles. The molecule has 1 amide bonds. The monoisotopic (exact) mass is 214 g/mol. The largest absolute Gasteiger partial charge is 0.365 e. The van der Waals surface area contributed by atoms with Crippen LogP contribution in [0.5, 0.6) is 0 Å². The fourth-order valence-corrected chi connectivity index (χ4v) is 1.89. The molecule has 0 aromatic heterocycles. The third-order valence-corrected chi connectivity index (χ3v) is 2.84. The number of rotatable bonds is 4. The van der Waals surface area contributed by atoms with Gasteiger partial charge in [-0.25, -0.2) is 0 Å². The van der Waals surface area contributed by atoms with Gasteiger partial charge in [-0.05, 0) is 39.5 Å². The SMILES string of the molecule is CCNC(=O)C(C)OC1CCC(N)CC1. The van der Waals surface area contributed by atoms with E-state index in [2.05, 4.69) is 5.32 Å². The lowest BCUT2D eigenvalue weighted by Gasteiger charge is -2.28. The first-order valence-electron chi connectivity index (χ1n) is 5.82. The molecule has 1 saturated carbocycles. The number of hydrogen-bond donors (Lipinski definition) is 2. The zero-order chi connectivity index (χ0) is 11.3. The zero-order valence-corrected chi connectivity index (χ0v) is 9.66. The van der Waals surface area contributed by atoms with E-state index in [-0.39, 0.29) is 18.1 Å². The topological polar surface area (TPSA) is 64.3 Å². The van der Waals surface area contributed by atoms with E-state index in [9.17, 15) is 4.79 Å². The van der Waals surface area contributed by atoms with E-state index in [1.54, 1.807) is 6.92 Å². The average Bonchev–Trinajstić information content (AvgIpc) is 2.22. The molecule has 15 heavy (non-hydrogen) atoms. The van der Waals surface area contributed by atoms with E-state index in [1.165, 1.54) is 0 Å². The van der Waals surface area contributed by atoms with Crippen molar-refractivity contribution < 1.29 is 9.53 Å². The summed E-state index contributed by atoms with van der Waals surface area (Å²) >= 11 is 0. The molecule has 0 aliphatic heterocycles. The van der Waals surface area contributed by atoms with E-state index in [0.717, 1.165) is 25.7 Å². The Bertz CT molecular complexity index is 201. The standard InChI is InChI=1S/C11H22N2O2/c1-3-13-11(14)8(2)15-10-6-4-9(12)5-7-10/h8-10H,3-7,12H2,1-2H3,(H,13,14). The molecule has 1 atom stereocenters. The maximum Gasteiger partial charge on any atom is 0.248 e. The maximum absolute atomic E-state index is 11.4. The first-order valence-corrected chi connectivity index (χ1v) is 5.82. The van der Waals surface area contributed by atoms with Crippen LogP contribution in [0.1, 0.15) is 39.5 Å². The van der Waals surface area contributed by atoms with Crippen molar-refractivity contribution in [2.24, 2.45) is 5.73 Å². The summed E-state index contributed by atoms with van der Waals surface area (Å²) in [6.07, 6.45) is 3.83. The van der Waals surface area contributed by atoms with Crippen LogP contribution in [0, 0.1) is 0 Å². The van der Waals surface area contributed by atoms with Gasteiger partial charge in [0.05, 0.1) is 6.10 Å². The van der Waals surface area contributed by atoms with Crippen molar-refractivity contribution in [2.45, 2.75) is 57.8 Å². The highest BCUT2D eigenvalue weighted by atomic mass is 16.5. The van der Waals surface area contributed by atoms with Gasteiger partial charge in [-0.3, -0.25) is 4.79 Å². The van der Waals surface area contributed by atoms with E-state index in [1.807, 2.05) is 6.92 Å². The van der Waals surface area contributed by atoms with Crippen molar-refractivity contribution in [3.05, 3.63) is 0 Å². The Morgan fingerprint density at radius 2 is 2.07 bits per heavy atom. The van der Waals surface area contributed by atoms with E-state index in [0.29, 0.717) is 12.6 Å². The number of amides is 1. The van der Waals surface area contributed by atoms with E-state index >= 15 is 0 Å². The summed E-state index contributed by atoms with van der Waals surface area (Å²) in [6, 6.07) is 0.324. The molecule has 3 N–H and O–H groups in total. The Balaban J connectivity index is 2.25. The molecule has 0 radical (unpaired) electrons. The minimum Gasteiger partial charge on any atom is -0.365 e. The number of hydrogen-bond acceptors (Lipinski definition) is 3. The van der Waals surface area contributed by atoms with Crippen LogP contribution in [0.3, 0.4) is 0 Å². The van der Waals surface area contributed by atoms with E-state index < -0.39 is 0 Å². The predicted octanol–water partition coefficient (Wildman–Crippen LogP) is 0.797. The lowest BCUT2D eigenvalue weighted by atomic mass is 9.93. The van der Waals surface area contributed by atoms with Gasteiger partial charge < -0.3 is 15.8 Å². The van der Waals surface area contributed by atoms with Crippen LogP contribution in [0.4, 0.5) is 0 Å². The fraction of sp³-hybridized carbons (Fsp3) is 0.909. The molecule has 4 heteroatoms. The molecule has 0 bridgehead atoms. The first kappa shape index (κ1) is 12.5. The highest BCUT2D eigenvalue weighted by Gasteiger charge is 2.23. The Kier molecular flexibility index (Phi) is 5.05. The normalized spacial score (nSPS) is 28.5. The molecule has 88 valence electrons. The third kappa shape index (κ3) is 4.18. The van der Waals surface area contributed by atoms with Crippen molar-refractivity contribution in [1.29, 1.82) is 0 Å². The van der Waals surface area contributed by atoms with Gasteiger partial charge in [-0.1, -0.05) is 0 Å². The van der Waals surface area contributed by atoms with Gasteiger partial charge in [0.25, 0.3) is 0 Å². The molecule has 1 fully saturated rings. The quantitative estimate of drug-likeness (QED) is 0.727. The minimum absolute atomic E-state index is 0.0210. The Morgan fingerprint density at radius 1 is 1.47 bits per heavy atom. The van der Waals surface area contributed by atoms with Crippen LogP contribution in [0.15, 0.2) is 0 Å². The van der Waals surface area contributed by atoms with Gasteiger partial charge in [0, 0.05) is 12.6 Å². The molecule has 0 aromatic carbocycles. The molecular formula is C11H22N2O2. The van der Waals surface area contributed by atoms with Crippen molar-refractivity contribution >= 4 is 5.91 Å². The zero-order valence-electron chi connectivity index (χ0n) is 9.66. The Labute approximate surface area is 91.5 Å². The summed E-state index contributed by atoms with van der Waals surface area (Å²) in [5, 5.41) is 2.76. The molecule has 0 heterocycles. The predicted molar refractivity (Wildman–Crippen MR) is 59.5 cm³/mol. The van der Waals surface area contributed by atoms with E-state index in [4.69, 9.17) is 10.5 Å². The highest BCUT2D eigenvalue weighted by molar-refractivity contribution is 5.80. The van der Waals surface area contributed by atoms with Crippen molar-refractivity contribution in [3.63, 3.8) is 0 Å². The number of likely N-dealkylation sites (N-methyl/N-ethyl adjacent to an activating group) is 1. The van der Waals surface area contributed by atoms with Gasteiger partial charge in [-0.2, -0.15) is 0 Å². The summed E-state index contributed by atoms with van der Waals surface area (Å²) in [5.74, 6) is -0.0210. The lowest BCUT2D eigenvalue weighted by molar-refractivity contribution is -0.136. The van der Waals surface area contributed by atoms with Gasteiger partial charge in [-0.15, -0.1) is 0 Å². The number of carbonyl (C=O) groups excluding carboxylic acids is 1. The minimum atomic E-state index is -0.343. The molecule has 1 unspecified atom stereocenters. The molecule has 1 aliphatic carbocycles. The van der Waals surface area contributed by atoms with Crippen molar-refractivity contribution in [2.75, 3.05) is 6.54 Å². The fourth-order valence-electron chi connectivity index (χ4n) is 1.89. The second-order valence-corrected chi connectivity index (χ2v) is 4.21. The second-order valence-electron chi connectivity index (χ2n) is 4.21. The molecule has 4 nitrogen and oxygen atoms in total.